The molecule has 0 unspecified atom stereocenters. The van der Waals surface area contributed by atoms with Gasteiger partial charge in [0.05, 0.1) is 23.5 Å². The summed E-state index contributed by atoms with van der Waals surface area (Å²) in [6, 6.07) is 6.08. The van der Waals surface area contributed by atoms with Gasteiger partial charge in [0, 0.05) is 31.4 Å². The Morgan fingerprint density at radius 3 is 2.88 bits per heavy atom. The van der Waals surface area contributed by atoms with Gasteiger partial charge < -0.3 is 10.2 Å². The Kier molecular flexibility index (Phi) is 5.82. The average Bonchev–Trinajstić information content (AvgIpc) is 3.04. The Morgan fingerprint density at radius 1 is 1.38 bits per heavy atom. The van der Waals surface area contributed by atoms with Gasteiger partial charge in [-0.3, -0.25) is 14.5 Å². The van der Waals surface area contributed by atoms with Crippen LogP contribution in [-0.4, -0.2) is 44.7 Å². The van der Waals surface area contributed by atoms with Gasteiger partial charge in [0.15, 0.2) is 0 Å². The van der Waals surface area contributed by atoms with Crippen molar-refractivity contribution < 1.29 is 4.79 Å². The Bertz CT molecular complexity index is 654. The van der Waals surface area contributed by atoms with Crippen LogP contribution in [0.1, 0.15) is 25.0 Å². The molecular weight excluding hydrogens is 326 g/mol. The molecule has 24 heavy (non-hydrogen) atoms. The number of hydrogen-bond acceptors (Lipinski definition) is 4. The highest BCUT2D eigenvalue weighted by atomic mass is 35.5. The molecule has 128 valence electrons. The number of halogens is 1. The minimum atomic E-state index is 0.138. The highest BCUT2D eigenvalue weighted by Gasteiger charge is 2.25. The quantitative estimate of drug-likeness (QED) is 0.869. The number of hydrogen-bond donors (Lipinski definition) is 1. The van der Waals surface area contributed by atoms with Crippen LogP contribution >= 0.6 is 11.6 Å². The highest BCUT2D eigenvalue weighted by molar-refractivity contribution is 6.30. The summed E-state index contributed by atoms with van der Waals surface area (Å²) in [6.45, 7) is 3.00. The fourth-order valence-corrected chi connectivity index (χ4v) is 3.18. The van der Waals surface area contributed by atoms with Gasteiger partial charge in [-0.05, 0) is 38.1 Å². The van der Waals surface area contributed by atoms with Crippen molar-refractivity contribution in [2.24, 2.45) is 0 Å². The SMILES string of the molecule is O=C(CCn1cc(Cl)cn1)N(Cc1ccccn1)C1CCNCC1. The molecule has 7 heteroatoms. The second kappa shape index (κ2) is 8.26. The van der Waals surface area contributed by atoms with Crippen LogP contribution in [-0.2, 0) is 17.9 Å². The number of rotatable bonds is 6. The maximum absolute atomic E-state index is 12.8. The molecule has 0 radical (unpaired) electrons. The molecule has 0 aliphatic carbocycles. The average molecular weight is 348 g/mol. The molecule has 1 fully saturated rings. The normalized spacial score (nSPS) is 15.4. The molecule has 0 bridgehead atoms. The predicted octanol–water partition coefficient (Wildman–Crippen LogP) is 2.10. The van der Waals surface area contributed by atoms with Gasteiger partial charge in [0.1, 0.15) is 0 Å². The number of nitrogens with one attached hydrogen (secondary N) is 1. The molecule has 2 aromatic rings. The second-order valence-corrected chi connectivity index (χ2v) is 6.43. The van der Waals surface area contributed by atoms with E-state index in [0.29, 0.717) is 24.5 Å². The number of aromatic nitrogens is 3. The van der Waals surface area contributed by atoms with Crippen molar-refractivity contribution in [3.05, 3.63) is 47.5 Å². The molecule has 2 aromatic heterocycles. The van der Waals surface area contributed by atoms with Crippen LogP contribution in [0.15, 0.2) is 36.8 Å². The van der Waals surface area contributed by atoms with Gasteiger partial charge >= 0.3 is 0 Å². The second-order valence-electron chi connectivity index (χ2n) is 6.00. The molecule has 0 atom stereocenters. The smallest absolute Gasteiger partial charge is 0.225 e. The first-order valence-electron chi connectivity index (χ1n) is 8.30. The summed E-state index contributed by atoms with van der Waals surface area (Å²) in [5, 5.41) is 8.07. The zero-order valence-corrected chi connectivity index (χ0v) is 14.3. The molecular formula is C17H22ClN5O. The Hall–Kier alpha value is -1.92. The summed E-state index contributed by atoms with van der Waals surface area (Å²) in [6.07, 6.45) is 7.46. The van der Waals surface area contributed by atoms with E-state index in [-0.39, 0.29) is 11.9 Å². The molecule has 1 amide bonds. The minimum absolute atomic E-state index is 0.138. The molecule has 1 N–H and O–H groups in total. The molecule has 3 heterocycles. The standard InChI is InChI=1S/C17H22ClN5O/c18-14-11-21-22(12-14)10-6-17(24)23(16-4-8-19-9-5-16)13-15-3-1-2-7-20-15/h1-3,7,11-12,16,19H,4-6,8-10,13H2. The van der Waals surface area contributed by atoms with E-state index in [4.69, 9.17) is 11.6 Å². The fraction of sp³-hybridized carbons (Fsp3) is 0.471. The number of carbonyl (C=O) groups excluding carboxylic acids is 1. The summed E-state index contributed by atoms with van der Waals surface area (Å²) in [7, 11) is 0. The van der Waals surface area contributed by atoms with E-state index in [9.17, 15) is 4.79 Å². The Morgan fingerprint density at radius 2 is 2.21 bits per heavy atom. The number of nitrogens with zero attached hydrogens (tertiary/aromatic N) is 4. The van der Waals surface area contributed by atoms with Gasteiger partial charge in [-0.15, -0.1) is 0 Å². The zero-order chi connectivity index (χ0) is 16.8. The molecule has 0 saturated carbocycles. The van der Waals surface area contributed by atoms with Crippen LogP contribution in [0.5, 0.6) is 0 Å². The van der Waals surface area contributed by atoms with Crippen LogP contribution in [0.25, 0.3) is 0 Å². The fourth-order valence-electron chi connectivity index (χ4n) is 3.02. The first-order chi connectivity index (χ1) is 11.7. The summed E-state index contributed by atoms with van der Waals surface area (Å²) in [5.41, 5.74) is 0.923. The largest absolute Gasteiger partial charge is 0.334 e. The van der Waals surface area contributed by atoms with E-state index >= 15 is 0 Å². The van der Waals surface area contributed by atoms with Crippen LogP contribution < -0.4 is 5.32 Å². The van der Waals surface area contributed by atoms with Crippen molar-refractivity contribution in [1.82, 2.24) is 25.0 Å². The van der Waals surface area contributed by atoms with E-state index in [1.807, 2.05) is 23.1 Å². The third-order valence-corrected chi connectivity index (χ3v) is 4.48. The minimum Gasteiger partial charge on any atom is -0.334 e. The van der Waals surface area contributed by atoms with Crippen molar-refractivity contribution in [3.8, 4) is 0 Å². The van der Waals surface area contributed by atoms with Crippen molar-refractivity contribution >= 4 is 17.5 Å². The zero-order valence-electron chi connectivity index (χ0n) is 13.6. The first-order valence-corrected chi connectivity index (χ1v) is 8.68. The van der Waals surface area contributed by atoms with Gasteiger partial charge in [-0.25, -0.2) is 0 Å². The molecule has 1 aliphatic rings. The van der Waals surface area contributed by atoms with Crippen molar-refractivity contribution in [2.75, 3.05) is 13.1 Å². The summed E-state index contributed by atoms with van der Waals surface area (Å²) >= 11 is 5.87. The van der Waals surface area contributed by atoms with Crippen molar-refractivity contribution in [2.45, 2.75) is 38.4 Å². The maximum atomic E-state index is 12.8. The van der Waals surface area contributed by atoms with E-state index in [0.717, 1.165) is 31.6 Å². The van der Waals surface area contributed by atoms with E-state index < -0.39 is 0 Å². The molecule has 1 saturated heterocycles. The molecule has 0 spiro atoms. The highest BCUT2D eigenvalue weighted by Crippen LogP contribution is 2.17. The maximum Gasteiger partial charge on any atom is 0.225 e. The number of carbonyl (C=O) groups is 1. The number of pyridine rings is 1. The lowest BCUT2D eigenvalue weighted by molar-refractivity contribution is -0.135. The third-order valence-electron chi connectivity index (χ3n) is 4.28. The summed E-state index contributed by atoms with van der Waals surface area (Å²) in [5.74, 6) is 0.138. The third kappa shape index (κ3) is 4.55. The van der Waals surface area contributed by atoms with E-state index in [1.165, 1.54) is 0 Å². The predicted molar refractivity (Wildman–Crippen MR) is 92.5 cm³/mol. The topological polar surface area (TPSA) is 63.1 Å². The van der Waals surface area contributed by atoms with Crippen molar-refractivity contribution in [3.63, 3.8) is 0 Å². The van der Waals surface area contributed by atoms with Gasteiger partial charge in [-0.1, -0.05) is 17.7 Å². The van der Waals surface area contributed by atoms with Crippen LogP contribution in [0, 0.1) is 0 Å². The van der Waals surface area contributed by atoms with Crippen LogP contribution in [0.2, 0.25) is 5.02 Å². The summed E-state index contributed by atoms with van der Waals surface area (Å²) < 4.78 is 1.71. The van der Waals surface area contributed by atoms with Gasteiger partial charge in [0.25, 0.3) is 0 Å². The lowest BCUT2D eigenvalue weighted by atomic mass is 10.0. The van der Waals surface area contributed by atoms with E-state index in [2.05, 4.69) is 15.4 Å². The monoisotopic (exact) mass is 347 g/mol. The molecule has 1 aliphatic heterocycles. The van der Waals surface area contributed by atoms with Crippen LogP contribution in [0.4, 0.5) is 0 Å². The lowest BCUT2D eigenvalue weighted by Crippen LogP contribution is -2.46. The number of amides is 1. The van der Waals surface area contributed by atoms with Crippen LogP contribution in [0.3, 0.4) is 0 Å². The summed E-state index contributed by atoms with van der Waals surface area (Å²) in [4.78, 5) is 19.2. The molecule has 6 nitrogen and oxygen atoms in total. The molecule has 0 aromatic carbocycles. The van der Waals surface area contributed by atoms with E-state index in [1.54, 1.807) is 23.3 Å². The number of piperidine rings is 1. The first kappa shape index (κ1) is 16.9. The Labute approximate surface area is 146 Å². The molecule has 3 rings (SSSR count). The number of aryl methyl sites for hydroxylation is 1. The van der Waals surface area contributed by atoms with Gasteiger partial charge in [-0.2, -0.15) is 5.10 Å². The van der Waals surface area contributed by atoms with Crippen molar-refractivity contribution in [1.29, 1.82) is 0 Å². The van der Waals surface area contributed by atoms with Gasteiger partial charge in [0.2, 0.25) is 5.91 Å². The Balaban J connectivity index is 1.66. The lowest BCUT2D eigenvalue weighted by Gasteiger charge is -2.34.